The molecule has 6 nitrogen and oxygen atoms in total. The first-order valence-electron chi connectivity index (χ1n) is 5.70. The molecule has 0 aliphatic carbocycles. The van der Waals surface area contributed by atoms with E-state index in [0.717, 1.165) is 26.2 Å². The molecule has 2 saturated heterocycles. The van der Waals surface area contributed by atoms with Gasteiger partial charge in [0.1, 0.15) is 0 Å². The highest BCUT2D eigenvalue weighted by molar-refractivity contribution is 5.78. The number of hydrogen-bond donors (Lipinski definition) is 3. The molecular formula is C10H20N4O2. The van der Waals surface area contributed by atoms with Gasteiger partial charge in [0.15, 0.2) is 6.23 Å². The molecule has 2 heterocycles. The van der Waals surface area contributed by atoms with E-state index in [9.17, 15) is 9.90 Å². The summed E-state index contributed by atoms with van der Waals surface area (Å²) >= 11 is 0. The van der Waals surface area contributed by atoms with Gasteiger partial charge in [-0.1, -0.05) is 0 Å². The van der Waals surface area contributed by atoms with E-state index in [4.69, 9.17) is 0 Å². The molecule has 0 spiro atoms. The lowest BCUT2D eigenvalue weighted by molar-refractivity contribution is -0.0131. The molecule has 2 aliphatic heterocycles. The number of nitrogens with zero attached hydrogens (tertiary/aromatic N) is 2. The van der Waals surface area contributed by atoms with Crippen LogP contribution >= 0.6 is 0 Å². The van der Waals surface area contributed by atoms with Gasteiger partial charge in [0.05, 0.1) is 12.2 Å². The number of urea groups is 1. The van der Waals surface area contributed by atoms with E-state index in [2.05, 4.69) is 15.5 Å². The van der Waals surface area contributed by atoms with Crippen molar-refractivity contribution in [3.63, 3.8) is 0 Å². The fourth-order valence-electron chi connectivity index (χ4n) is 2.12. The van der Waals surface area contributed by atoms with Crippen LogP contribution in [0, 0.1) is 0 Å². The maximum atomic E-state index is 11.7. The van der Waals surface area contributed by atoms with Crippen LogP contribution in [0.2, 0.25) is 0 Å². The number of piperazine rings is 1. The quantitative estimate of drug-likeness (QED) is 0.565. The van der Waals surface area contributed by atoms with Crippen molar-refractivity contribution in [3.8, 4) is 0 Å². The molecule has 3 N–H and O–H groups in total. The fourth-order valence-corrected chi connectivity index (χ4v) is 2.12. The Hall–Kier alpha value is -0.850. The number of rotatable bonds is 2. The molecule has 1 unspecified atom stereocenters. The maximum absolute atomic E-state index is 11.7. The third kappa shape index (κ3) is 2.14. The zero-order chi connectivity index (χ0) is 11.8. The van der Waals surface area contributed by atoms with Crippen LogP contribution in [0.4, 0.5) is 4.79 Å². The molecule has 2 fully saturated rings. The Balaban J connectivity index is 1.96. The van der Waals surface area contributed by atoms with Crippen LogP contribution in [0.3, 0.4) is 0 Å². The van der Waals surface area contributed by atoms with Crippen molar-refractivity contribution >= 4 is 6.03 Å². The smallest absolute Gasteiger partial charge is 0.321 e. The number of carbonyl (C=O) groups is 1. The van der Waals surface area contributed by atoms with Gasteiger partial charge in [-0.15, -0.1) is 0 Å². The molecule has 0 aromatic heterocycles. The number of hydrogen-bond acceptors (Lipinski definition) is 4. The first kappa shape index (κ1) is 11.6. The van der Waals surface area contributed by atoms with Gasteiger partial charge in [0, 0.05) is 26.2 Å². The van der Waals surface area contributed by atoms with Crippen molar-refractivity contribution < 1.29 is 9.90 Å². The van der Waals surface area contributed by atoms with E-state index in [1.807, 2.05) is 13.8 Å². The van der Waals surface area contributed by atoms with Gasteiger partial charge in [-0.3, -0.25) is 9.80 Å². The second kappa shape index (κ2) is 4.20. The predicted octanol–water partition coefficient (Wildman–Crippen LogP) is -1.03. The highest BCUT2D eigenvalue weighted by atomic mass is 16.3. The predicted molar refractivity (Wildman–Crippen MR) is 59.8 cm³/mol. The SMILES string of the molecule is CC1(C)NC(=O)N(CN2CCNCC2)C1O. The number of aliphatic hydroxyl groups excluding tert-OH is 1. The fraction of sp³-hybridized carbons (Fsp3) is 0.900. The molecule has 1 atom stereocenters. The summed E-state index contributed by atoms with van der Waals surface area (Å²) in [6.07, 6.45) is -0.755. The van der Waals surface area contributed by atoms with Crippen LogP contribution < -0.4 is 10.6 Å². The minimum absolute atomic E-state index is 0.184. The van der Waals surface area contributed by atoms with Crippen LogP contribution in [0.1, 0.15) is 13.8 Å². The summed E-state index contributed by atoms with van der Waals surface area (Å²) in [5.41, 5.74) is -0.564. The molecule has 16 heavy (non-hydrogen) atoms. The van der Waals surface area contributed by atoms with E-state index in [-0.39, 0.29) is 6.03 Å². The van der Waals surface area contributed by atoms with Crippen LogP contribution in [-0.4, -0.2) is 65.6 Å². The molecule has 92 valence electrons. The van der Waals surface area contributed by atoms with Crippen molar-refractivity contribution in [3.05, 3.63) is 0 Å². The lowest BCUT2D eigenvalue weighted by Gasteiger charge is -2.33. The van der Waals surface area contributed by atoms with E-state index in [1.54, 1.807) is 0 Å². The van der Waals surface area contributed by atoms with Crippen molar-refractivity contribution in [1.29, 1.82) is 0 Å². The topological polar surface area (TPSA) is 67.8 Å². The maximum Gasteiger partial charge on any atom is 0.321 e. The number of carbonyl (C=O) groups excluding carboxylic acids is 1. The monoisotopic (exact) mass is 228 g/mol. The van der Waals surface area contributed by atoms with Gasteiger partial charge < -0.3 is 15.7 Å². The van der Waals surface area contributed by atoms with Crippen LogP contribution in [-0.2, 0) is 0 Å². The van der Waals surface area contributed by atoms with Crippen LogP contribution in [0.15, 0.2) is 0 Å². The molecule has 0 aromatic carbocycles. The first-order chi connectivity index (χ1) is 7.50. The van der Waals surface area contributed by atoms with Crippen molar-refractivity contribution in [2.45, 2.75) is 25.6 Å². The summed E-state index contributed by atoms with van der Waals surface area (Å²) in [5.74, 6) is 0. The van der Waals surface area contributed by atoms with Crippen molar-refractivity contribution in [1.82, 2.24) is 20.4 Å². The Morgan fingerprint density at radius 2 is 2.06 bits per heavy atom. The lowest BCUT2D eigenvalue weighted by atomic mass is 10.1. The molecule has 2 rings (SSSR count). The summed E-state index contributed by atoms with van der Waals surface area (Å²) in [4.78, 5) is 15.3. The number of nitrogens with one attached hydrogen (secondary N) is 2. The Bertz CT molecular complexity index is 276. The summed E-state index contributed by atoms with van der Waals surface area (Å²) in [5, 5.41) is 16.1. The van der Waals surface area contributed by atoms with E-state index in [0.29, 0.717) is 6.67 Å². The second-order valence-electron chi connectivity index (χ2n) is 5.00. The average molecular weight is 228 g/mol. The summed E-state index contributed by atoms with van der Waals surface area (Å²) in [6.45, 7) is 7.86. The first-order valence-corrected chi connectivity index (χ1v) is 5.70. The molecule has 6 heteroatoms. The number of amides is 2. The minimum atomic E-state index is -0.755. The standard InChI is InChI=1S/C10H20N4O2/c1-10(2)8(15)14(9(16)12-10)7-13-5-3-11-4-6-13/h8,11,15H,3-7H2,1-2H3,(H,12,16). The summed E-state index contributed by atoms with van der Waals surface area (Å²) < 4.78 is 0. The summed E-state index contributed by atoms with van der Waals surface area (Å²) in [7, 11) is 0. The third-order valence-corrected chi connectivity index (χ3v) is 3.19. The van der Waals surface area contributed by atoms with Crippen molar-refractivity contribution in [2.75, 3.05) is 32.8 Å². The normalized spacial score (nSPS) is 30.6. The largest absolute Gasteiger partial charge is 0.371 e. The van der Waals surface area contributed by atoms with Gasteiger partial charge in [-0.25, -0.2) is 4.79 Å². The van der Waals surface area contributed by atoms with E-state index in [1.165, 1.54) is 4.90 Å². The number of aliphatic hydroxyl groups is 1. The van der Waals surface area contributed by atoms with Gasteiger partial charge in [-0.2, -0.15) is 0 Å². The molecule has 2 amide bonds. The Morgan fingerprint density at radius 1 is 1.44 bits per heavy atom. The molecular weight excluding hydrogens is 208 g/mol. The Morgan fingerprint density at radius 3 is 2.56 bits per heavy atom. The third-order valence-electron chi connectivity index (χ3n) is 3.19. The highest BCUT2D eigenvalue weighted by Gasteiger charge is 2.44. The van der Waals surface area contributed by atoms with Gasteiger partial charge in [-0.05, 0) is 13.8 Å². The zero-order valence-corrected chi connectivity index (χ0v) is 9.86. The zero-order valence-electron chi connectivity index (χ0n) is 9.86. The van der Waals surface area contributed by atoms with Gasteiger partial charge >= 0.3 is 6.03 Å². The summed E-state index contributed by atoms with van der Waals surface area (Å²) in [6, 6.07) is -0.184. The molecule has 0 bridgehead atoms. The van der Waals surface area contributed by atoms with Crippen molar-refractivity contribution in [2.24, 2.45) is 0 Å². The van der Waals surface area contributed by atoms with Gasteiger partial charge in [0.25, 0.3) is 0 Å². The molecule has 0 radical (unpaired) electrons. The lowest BCUT2D eigenvalue weighted by Crippen LogP contribution is -2.51. The van der Waals surface area contributed by atoms with E-state index >= 15 is 0 Å². The second-order valence-corrected chi connectivity index (χ2v) is 5.00. The Labute approximate surface area is 95.6 Å². The average Bonchev–Trinajstić information content (AvgIpc) is 2.42. The van der Waals surface area contributed by atoms with Crippen LogP contribution in [0.5, 0.6) is 0 Å². The molecule has 2 aliphatic rings. The molecule has 0 aromatic rings. The Kier molecular flexibility index (Phi) is 3.05. The van der Waals surface area contributed by atoms with Crippen LogP contribution in [0.25, 0.3) is 0 Å². The minimum Gasteiger partial charge on any atom is -0.371 e. The highest BCUT2D eigenvalue weighted by Crippen LogP contribution is 2.21. The molecule has 0 saturated carbocycles. The van der Waals surface area contributed by atoms with Gasteiger partial charge in [0.2, 0.25) is 0 Å². The van der Waals surface area contributed by atoms with E-state index < -0.39 is 11.8 Å².